The highest BCUT2D eigenvalue weighted by atomic mass is 19.3. The monoisotopic (exact) mass is 322 g/mol. The van der Waals surface area contributed by atoms with E-state index in [0.717, 1.165) is 0 Å². The molecule has 6 heteroatoms. The first-order chi connectivity index (χ1) is 9.86. The fraction of sp³-hybridized carbons (Fsp3) is 0.875. The normalized spacial score (nSPS) is 13.9. The van der Waals surface area contributed by atoms with Crippen LogP contribution in [0.4, 0.5) is 8.78 Å². The number of hydrogen-bond acceptors (Lipinski definition) is 4. The van der Waals surface area contributed by atoms with Crippen LogP contribution in [0.25, 0.3) is 0 Å². The minimum absolute atomic E-state index is 0.0773. The molecule has 0 aromatic rings. The van der Waals surface area contributed by atoms with Crippen LogP contribution in [0, 0.1) is 16.7 Å². The molecule has 130 valence electrons. The Morgan fingerprint density at radius 1 is 0.955 bits per heavy atom. The van der Waals surface area contributed by atoms with Crippen molar-refractivity contribution in [3.63, 3.8) is 0 Å². The quantitative estimate of drug-likeness (QED) is 0.637. The summed E-state index contributed by atoms with van der Waals surface area (Å²) >= 11 is 0. The van der Waals surface area contributed by atoms with Gasteiger partial charge < -0.3 is 9.47 Å². The molecule has 0 aliphatic heterocycles. The van der Waals surface area contributed by atoms with Gasteiger partial charge in [-0.15, -0.1) is 0 Å². The first-order valence-electron chi connectivity index (χ1n) is 7.49. The lowest BCUT2D eigenvalue weighted by Crippen LogP contribution is -2.29. The molecule has 0 radical (unpaired) electrons. The van der Waals surface area contributed by atoms with E-state index in [1.807, 2.05) is 6.92 Å². The van der Waals surface area contributed by atoms with Gasteiger partial charge in [0.25, 0.3) is 6.43 Å². The highest BCUT2D eigenvalue weighted by molar-refractivity contribution is 5.76. The van der Waals surface area contributed by atoms with E-state index in [1.165, 1.54) is 0 Å². The third kappa shape index (κ3) is 8.29. The highest BCUT2D eigenvalue weighted by Gasteiger charge is 2.30. The molecule has 0 saturated carbocycles. The van der Waals surface area contributed by atoms with Crippen molar-refractivity contribution in [3.05, 3.63) is 0 Å². The van der Waals surface area contributed by atoms with Gasteiger partial charge in [0.05, 0.1) is 17.4 Å². The summed E-state index contributed by atoms with van der Waals surface area (Å²) in [5.74, 6) is -0.824. The summed E-state index contributed by atoms with van der Waals surface area (Å²) in [6.07, 6.45) is -1.55. The molecule has 0 amide bonds. The highest BCUT2D eigenvalue weighted by Crippen LogP contribution is 2.27. The first-order valence-corrected chi connectivity index (χ1v) is 7.49. The minimum atomic E-state index is -2.66. The lowest BCUT2D eigenvalue weighted by Gasteiger charge is -2.24. The van der Waals surface area contributed by atoms with Gasteiger partial charge in [-0.2, -0.15) is 0 Å². The molecule has 22 heavy (non-hydrogen) atoms. The molecule has 0 rings (SSSR count). The number of carbonyl (C=O) groups excluding carboxylic acids is 2. The molecule has 0 aromatic carbocycles. The van der Waals surface area contributed by atoms with Crippen molar-refractivity contribution in [1.82, 2.24) is 0 Å². The molecule has 1 unspecified atom stereocenters. The predicted octanol–water partition coefficient (Wildman–Crippen LogP) is 3.83. The Balaban J connectivity index is 4.19. The maximum atomic E-state index is 12.0. The maximum Gasteiger partial charge on any atom is 0.311 e. The van der Waals surface area contributed by atoms with Crippen LogP contribution in [-0.2, 0) is 19.1 Å². The SMILES string of the molecule is CC(CCC(C)(C)C(=O)OCC(F)F)COC(=O)C(C)(C)C. The van der Waals surface area contributed by atoms with Crippen molar-refractivity contribution >= 4 is 11.9 Å². The van der Waals surface area contributed by atoms with E-state index in [9.17, 15) is 18.4 Å². The summed E-state index contributed by atoms with van der Waals surface area (Å²) in [5.41, 5.74) is -1.38. The average Bonchev–Trinajstić information content (AvgIpc) is 2.38. The summed E-state index contributed by atoms with van der Waals surface area (Å²) in [4.78, 5) is 23.4. The smallest absolute Gasteiger partial charge is 0.311 e. The van der Waals surface area contributed by atoms with Crippen LogP contribution >= 0.6 is 0 Å². The Kier molecular flexibility index (Phi) is 7.98. The number of alkyl halides is 2. The van der Waals surface area contributed by atoms with Crippen LogP contribution in [0.15, 0.2) is 0 Å². The number of halogens is 2. The van der Waals surface area contributed by atoms with Gasteiger partial charge in [0.15, 0.2) is 6.61 Å². The molecule has 0 N–H and O–H groups in total. The predicted molar refractivity (Wildman–Crippen MR) is 79.6 cm³/mol. The van der Waals surface area contributed by atoms with Crippen LogP contribution in [0.2, 0.25) is 0 Å². The Labute approximate surface area is 131 Å². The van der Waals surface area contributed by atoms with E-state index < -0.39 is 29.8 Å². The molecule has 0 saturated heterocycles. The summed E-state index contributed by atoms with van der Waals surface area (Å²) in [6, 6.07) is 0. The zero-order valence-electron chi connectivity index (χ0n) is 14.4. The van der Waals surface area contributed by atoms with Crippen LogP contribution in [0.3, 0.4) is 0 Å². The van der Waals surface area contributed by atoms with Gasteiger partial charge >= 0.3 is 11.9 Å². The van der Waals surface area contributed by atoms with Crippen molar-refractivity contribution < 1.29 is 27.8 Å². The summed E-state index contributed by atoms with van der Waals surface area (Å²) < 4.78 is 33.9. The Bertz CT molecular complexity index is 373. The van der Waals surface area contributed by atoms with E-state index in [4.69, 9.17) is 4.74 Å². The molecule has 0 aliphatic carbocycles. The first kappa shape index (κ1) is 20.8. The molecule has 0 aromatic heterocycles. The summed E-state index contributed by atoms with van der Waals surface area (Å²) in [7, 11) is 0. The second-order valence-electron chi connectivity index (χ2n) is 7.37. The van der Waals surface area contributed by atoms with Crippen molar-refractivity contribution in [3.8, 4) is 0 Å². The van der Waals surface area contributed by atoms with Gasteiger partial charge in [0.1, 0.15) is 0 Å². The van der Waals surface area contributed by atoms with E-state index in [-0.39, 0.29) is 18.5 Å². The zero-order chi connectivity index (χ0) is 17.6. The molecular formula is C16H28F2O4. The molecular weight excluding hydrogens is 294 g/mol. The lowest BCUT2D eigenvalue weighted by molar-refractivity contribution is -0.159. The number of rotatable bonds is 8. The number of hydrogen-bond donors (Lipinski definition) is 0. The molecule has 0 spiro atoms. The Morgan fingerprint density at radius 3 is 1.91 bits per heavy atom. The van der Waals surface area contributed by atoms with E-state index in [0.29, 0.717) is 12.8 Å². The van der Waals surface area contributed by atoms with Gasteiger partial charge in [-0.1, -0.05) is 6.92 Å². The van der Waals surface area contributed by atoms with E-state index >= 15 is 0 Å². The third-order valence-electron chi connectivity index (χ3n) is 3.27. The molecule has 1 atom stereocenters. The van der Waals surface area contributed by atoms with Gasteiger partial charge in [0, 0.05) is 0 Å². The van der Waals surface area contributed by atoms with E-state index in [1.54, 1.807) is 34.6 Å². The van der Waals surface area contributed by atoms with E-state index in [2.05, 4.69) is 4.74 Å². The van der Waals surface area contributed by atoms with Crippen molar-refractivity contribution in [1.29, 1.82) is 0 Å². The third-order valence-corrected chi connectivity index (χ3v) is 3.27. The van der Waals surface area contributed by atoms with Crippen molar-refractivity contribution in [2.45, 2.75) is 60.8 Å². The van der Waals surface area contributed by atoms with Crippen LogP contribution in [-0.4, -0.2) is 31.6 Å². The summed E-state index contributed by atoms with van der Waals surface area (Å²) in [6.45, 7) is 9.98. The van der Waals surface area contributed by atoms with Crippen molar-refractivity contribution in [2.24, 2.45) is 16.7 Å². The maximum absolute atomic E-state index is 12.0. The lowest BCUT2D eigenvalue weighted by atomic mass is 9.85. The zero-order valence-corrected chi connectivity index (χ0v) is 14.4. The molecule has 0 heterocycles. The number of esters is 2. The second-order valence-corrected chi connectivity index (χ2v) is 7.37. The fourth-order valence-electron chi connectivity index (χ4n) is 1.56. The summed E-state index contributed by atoms with van der Waals surface area (Å²) in [5, 5.41) is 0. The van der Waals surface area contributed by atoms with Crippen LogP contribution in [0.1, 0.15) is 54.4 Å². The largest absolute Gasteiger partial charge is 0.465 e. The average molecular weight is 322 g/mol. The topological polar surface area (TPSA) is 52.6 Å². The van der Waals surface area contributed by atoms with Gasteiger partial charge in [-0.25, -0.2) is 8.78 Å². The molecule has 0 bridgehead atoms. The minimum Gasteiger partial charge on any atom is -0.465 e. The van der Waals surface area contributed by atoms with Crippen molar-refractivity contribution in [2.75, 3.05) is 13.2 Å². The van der Waals surface area contributed by atoms with Gasteiger partial charge in [-0.05, 0) is 53.4 Å². The standard InChI is InChI=1S/C16H28F2O4/c1-11(9-21-13(19)15(2,3)4)7-8-16(5,6)14(20)22-10-12(17)18/h11-12H,7-10H2,1-6H3. The Hall–Kier alpha value is -1.20. The molecule has 4 nitrogen and oxygen atoms in total. The number of carbonyl (C=O) groups is 2. The Morgan fingerprint density at radius 2 is 1.45 bits per heavy atom. The van der Waals surface area contributed by atoms with Crippen LogP contribution in [0.5, 0.6) is 0 Å². The second kappa shape index (κ2) is 8.44. The molecule has 0 aliphatic rings. The molecule has 0 fully saturated rings. The van der Waals surface area contributed by atoms with Gasteiger partial charge in [0.2, 0.25) is 0 Å². The number of ether oxygens (including phenoxy) is 2. The van der Waals surface area contributed by atoms with Gasteiger partial charge in [-0.3, -0.25) is 9.59 Å². The van der Waals surface area contributed by atoms with Crippen LogP contribution < -0.4 is 0 Å². The fourth-order valence-corrected chi connectivity index (χ4v) is 1.56.